The molecule has 0 saturated heterocycles. The number of rotatable bonds is 4. The number of halogens is 2. The molecule has 2 N–H and O–H groups in total. The van der Waals surface area contributed by atoms with Crippen molar-refractivity contribution in [3.63, 3.8) is 0 Å². The molecule has 0 bridgehead atoms. The van der Waals surface area contributed by atoms with Gasteiger partial charge >= 0.3 is 5.97 Å². The Balaban J connectivity index is 2.09. The number of aromatic nitrogens is 2. The average Bonchev–Trinajstić information content (AvgIpc) is 2.93. The molecular weight excluding hydrogens is 323 g/mol. The number of carboxylic acids is 1. The minimum Gasteiger partial charge on any atom is -0.494 e. The molecule has 23 heavy (non-hydrogen) atoms. The number of hydrogen-bond acceptors (Lipinski definition) is 3. The fraction of sp³-hybridized carbons (Fsp3) is 0.125. The number of ether oxygens (including phenoxy) is 1. The summed E-state index contributed by atoms with van der Waals surface area (Å²) >= 11 is 6.12. The lowest BCUT2D eigenvalue weighted by Gasteiger charge is -2.06. The molecule has 0 aliphatic carbocycles. The van der Waals surface area contributed by atoms with Crippen LogP contribution in [0.5, 0.6) is 5.75 Å². The average molecular weight is 335 g/mol. The van der Waals surface area contributed by atoms with Crippen LogP contribution in [0.3, 0.4) is 0 Å². The number of nitrogens with one attached hydrogen (secondary N) is 1. The second-order valence-corrected chi connectivity index (χ2v) is 5.36. The number of imidazole rings is 1. The second kappa shape index (κ2) is 5.89. The third-order valence-electron chi connectivity index (χ3n) is 3.44. The van der Waals surface area contributed by atoms with Crippen molar-refractivity contribution in [3.8, 4) is 5.75 Å². The summed E-state index contributed by atoms with van der Waals surface area (Å²) in [5.74, 6) is -0.696. The van der Waals surface area contributed by atoms with E-state index in [4.69, 9.17) is 16.3 Å². The van der Waals surface area contributed by atoms with Gasteiger partial charge in [0.05, 0.1) is 12.1 Å². The van der Waals surface area contributed by atoms with Gasteiger partial charge in [-0.15, -0.1) is 0 Å². The fourth-order valence-corrected chi connectivity index (χ4v) is 2.65. The van der Waals surface area contributed by atoms with E-state index in [0.717, 1.165) is 5.56 Å². The maximum Gasteiger partial charge on any atom is 0.339 e. The molecule has 0 aliphatic heterocycles. The summed E-state index contributed by atoms with van der Waals surface area (Å²) in [7, 11) is 1.38. The summed E-state index contributed by atoms with van der Waals surface area (Å²) in [4.78, 5) is 18.7. The zero-order valence-corrected chi connectivity index (χ0v) is 12.8. The van der Waals surface area contributed by atoms with Gasteiger partial charge in [0.25, 0.3) is 0 Å². The Kier molecular flexibility index (Phi) is 3.92. The monoisotopic (exact) mass is 334 g/mol. The molecule has 2 aromatic carbocycles. The van der Waals surface area contributed by atoms with Crippen molar-refractivity contribution in [1.29, 1.82) is 0 Å². The highest BCUT2D eigenvalue weighted by Crippen LogP contribution is 2.34. The summed E-state index contributed by atoms with van der Waals surface area (Å²) in [6.07, 6.45) is 0.427. The number of H-pyrrole nitrogens is 1. The number of aromatic carboxylic acids is 1. The van der Waals surface area contributed by atoms with Crippen molar-refractivity contribution in [3.05, 3.63) is 58.1 Å². The number of carbonyl (C=O) groups is 1. The van der Waals surface area contributed by atoms with Crippen LogP contribution in [0.25, 0.3) is 11.0 Å². The maximum atomic E-state index is 13.0. The van der Waals surface area contributed by atoms with Gasteiger partial charge in [0, 0.05) is 6.42 Å². The van der Waals surface area contributed by atoms with E-state index in [2.05, 4.69) is 9.97 Å². The van der Waals surface area contributed by atoms with Crippen molar-refractivity contribution < 1.29 is 19.0 Å². The Hall–Kier alpha value is -2.60. The van der Waals surface area contributed by atoms with Crippen molar-refractivity contribution in [2.24, 2.45) is 0 Å². The van der Waals surface area contributed by atoms with Gasteiger partial charge in [0.1, 0.15) is 28.2 Å². The van der Waals surface area contributed by atoms with Crippen LogP contribution in [0.1, 0.15) is 21.7 Å². The Morgan fingerprint density at radius 1 is 1.39 bits per heavy atom. The number of nitrogens with zero attached hydrogens (tertiary/aromatic N) is 1. The van der Waals surface area contributed by atoms with Crippen molar-refractivity contribution in [2.45, 2.75) is 6.42 Å². The third-order valence-corrected chi connectivity index (χ3v) is 3.73. The zero-order chi connectivity index (χ0) is 16.6. The van der Waals surface area contributed by atoms with Gasteiger partial charge in [-0.25, -0.2) is 14.2 Å². The van der Waals surface area contributed by atoms with Gasteiger partial charge < -0.3 is 14.8 Å². The molecule has 1 heterocycles. The standard InChI is InChI=1S/C16H12ClFN2O3/c1-23-15-10(16(21)22)7-11(17)13-14(15)20-12(19-13)6-8-2-4-9(18)5-3-8/h2-5,7H,6H2,1H3,(H,19,20)(H,21,22). The minimum atomic E-state index is -1.14. The molecule has 0 amide bonds. The van der Waals surface area contributed by atoms with Crippen LogP contribution in [-0.2, 0) is 6.42 Å². The predicted octanol–water partition coefficient (Wildman–Crippen LogP) is 3.65. The molecule has 3 rings (SSSR count). The highest BCUT2D eigenvalue weighted by atomic mass is 35.5. The quantitative estimate of drug-likeness (QED) is 0.763. The van der Waals surface area contributed by atoms with Gasteiger partial charge in [0.15, 0.2) is 5.75 Å². The van der Waals surface area contributed by atoms with E-state index in [-0.39, 0.29) is 22.2 Å². The highest BCUT2D eigenvalue weighted by Gasteiger charge is 2.20. The number of hydrogen-bond donors (Lipinski definition) is 2. The molecule has 7 heteroatoms. The first-order valence-electron chi connectivity index (χ1n) is 6.72. The van der Waals surface area contributed by atoms with Crippen LogP contribution in [0.15, 0.2) is 30.3 Å². The molecule has 0 unspecified atom stereocenters. The summed E-state index contributed by atoms with van der Waals surface area (Å²) in [5, 5.41) is 9.46. The number of methoxy groups -OCH3 is 1. The van der Waals surface area contributed by atoms with Crippen LogP contribution in [0.2, 0.25) is 5.02 Å². The zero-order valence-electron chi connectivity index (χ0n) is 12.1. The fourth-order valence-electron chi connectivity index (χ4n) is 2.40. The van der Waals surface area contributed by atoms with Gasteiger partial charge in [-0.2, -0.15) is 0 Å². The highest BCUT2D eigenvalue weighted by molar-refractivity contribution is 6.35. The summed E-state index contributed by atoms with van der Waals surface area (Å²) in [5.41, 5.74) is 1.68. The molecule has 0 fully saturated rings. The molecule has 0 radical (unpaired) electrons. The van der Waals surface area contributed by atoms with Crippen molar-refractivity contribution in [2.75, 3.05) is 7.11 Å². The van der Waals surface area contributed by atoms with Crippen molar-refractivity contribution >= 4 is 28.6 Å². The molecule has 5 nitrogen and oxygen atoms in total. The van der Waals surface area contributed by atoms with E-state index in [0.29, 0.717) is 23.3 Å². The molecule has 0 atom stereocenters. The van der Waals surface area contributed by atoms with Gasteiger partial charge in [-0.3, -0.25) is 0 Å². The van der Waals surface area contributed by atoms with Crippen LogP contribution < -0.4 is 4.74 Å². The van der Waals surface area contributed by atoms with Crippen LogP contribution in [0, 0.1) is 5.82 Å². The van der Waals surface area contributed by atoms with Crippen molar-refractivity contribution in [1.82, 2.24) is 9.97 Å². The lowest BCUT2D eigenvalue weighted by molar-refractivity contribution is 0.0693. The number of fused-ring (bicyclic) bond motifs is 1. The van der Waals surface area contributed by atoms with E-state index < -0.39 is 5.97 Å². The van der Waals surface area contributed by atoms with E-state index in [1.807, 2.05) is 0 Å². The summed E-state index contributed by atoms with van der Waals surface area (Å²) < 4.78 is 18.1. The van der Waals surface area contributed by atoms with Crippen LogP contribution in [0.4, 0.5) is 4.39 Å². The van der Waals surface area contributed by atoms with E-state index >= 15 is 0 Å². The molecule has 118 valence electrons. The Labute approximate surface area is 135 Å². The Morgan fingerprint density at radius 3 is 2.70 bits per heavy atom. The Bertz CT molecular complexity index is 890. The minimum absolute atomic E-state index is 0.0398. The first-order chi connectivity index (χ1) is 11.0. The lowest BCUT2D eigenvalue weighted by atomic mass is 10.1. The SMILES string of the molecule is COc1c(C(=O)O)cc(Cl)c2nc(Cc3ccc(F)cc3)[nH]c12. The normalized spacial score (nSPS) is 10.9. The molecule has 0 saturated carbocycles. The molecule has 1 aromatic heterocycles. The molecular formula is C16H12ClFN2O3. The van der Waals surface area contributed by atoms with Crippen LogP contribution >= 0.6 is 11.6 Å². The molecule has 0 spiro atoms. The van der Waals surface area contributed by atoms with Gasteiger partial charge in [-0.05, 0) is 23.8 Å². The summed E-state index contributed by atoms with van der Waals surface area (Å²) in [6.45, 7) is 0. The summed E-state index contributed by atoms with van der Waals surface area (Å²) in [6, 6.07) is 7.36. The smallest absolute Gasteiger partial charge is 0.339 e. The number of benzene rings is 2. The van der Waals surface area contributed by atoms with Crippen LogP contribution in [-0.4, -0.2) is 28.2 Å². The largest absolute Gasteiger partial charge is 0.494 e. The van der Waals surface area contributed by atoms with E-state index in [9.17, 15) is 14.3 Å². The third kappa shape index (κ3) is 2.85. The molecule has 0 aliphatic rings. The Morgan fingerprint density at radius 2 is 2.09 bits per heavy atom. The van der Waals surface area contributed by atoms with Gasteiger partial charge in [0.2, 0.25) is 0 Å². The van der Waals surface area contributed by atoms with E-state index in [1.165, 1.54) is 25.3 Å². The number of aromatic amines is 1. The predicted molar refractivity (Wildman–Crippen MR) is 83.8 cm³/mol. The van der Waals surface area contributed by atoms with Gasteiger partial charge in [-0.1, -0.05) is 23.7 Å². The first kappa shape index (κ1) is 15.3. The van der Waals surface area contributed by atoms with E-state index in [1.54, 1.807) is 12.1 Å². The maximum absolute atomic E-state index is 13.0. The molecule has 3 aromatic rings. The second-order valence-electron chi connectivity index (χ2n) is 4.95. The lowest BCUT2D eigenvalue weighted by Crippen LogP contribution is -2.01. The topological polar surface area (TPSA) is 75.2 Å². The number of carboxylic acid groups (broad SMARTS) is 1. The first-order valence-corrected chi connectivity index (χ1v) is 7.10.